The number of carbonyl (C=O) groups is 3. The van der Waals surface area contributed by atoms with Gasteiger partial charge < -0.3 is 4.74 Å². The minimum absolute atomic E-state index is 0.118. The lowest BCUT2D eigenvalue weighted by Gasteiger charge is -2.26. The van der Waals surface area contributed by atoms with Crippen LogP contribution in [-0.4, -0.2) is 25.0 Å². The number of nitrogens with one attached hydrogen (secondary N) is 1. The van der Waals surface area contributed by atoms with E-state index >= 15 is 0 Å². The summed E-state index contributed by atoms with van der Waals surface area (Å²) in [4.78, 5) is 37.8. The monoisotopic (exact) mass is 400 g/mol. The van der Waals surface area contributed by atoms with Crippen molar-refractivity contribution in [1.82, 2.24) is 5.32 Å². The number of ether oxygens (including phenoxy) is 1. The summed E-state index contributed by atoms with van der Waals surface area (Å²) in [5, 5.41) is 2.19. The number of carbonyl (C=O) groups excluding carboxylic acids is 3. The normalized spacial score (nSPS) is 16.2. The lowest BCUT2D eigenvalue weighted by Crippen LogP contribution is -2.54. The van der Waals surface area contributed by atoms with E-state index in [1.165, 1.54) is 6.08 Å². The van der Waals surface area contributed by atoms with Gasteiger partial charge in [0.1, 0.15) is 11.3 Å². The van der Waals surface area contributed by atoms with Gasteiger partial charge in [0, 0.05) is 4.47 Å². The third-order valence-corrected chi connectivity index (χ3v) is 4.14. The molecule has 0 radical (unpaired) electrons. The van der Waals surface area contributed by atoms with E-state index in [0.717, 1.165) is 9.37 Å². The van der Waals surface area contributed by atoms with Gasteiger partial charge in [-0.25, -0.2) is 9.69 Å². The summed E-state index contributed by atoms with van der Waals surface area (Å²) in [5.74, 6) is -0.737. The molecule has 1 aliphatic rings. The maximum absolute atomic E-state index is 12.7. The van der Waals surface area contributed by atoms with Crippen molar-refractivity contribution in [2.45, 2.75) is 0 Å². The van der Waals surface area contributed by atoms with Gasteiger partial charge in [0.2, 0.25) is 0 Å². The molecule has 0 unspecified atom stereocenters. The highest BCUT2D eigenvalue weighted by atomic mass is 79.9. The Morgan fingerprint density at radius 2 is 1.64 bits per heavy atom. The van der Waals surface area contributed by atoms with Gasteiger partial charge in [-0.15, -0.1) is 0 Å². The Hall–Kier alpha value is -2.93. The minimum Gasteiger partial charge on any atom is -0.497 e. The Morgan fingerprint density at radius 1 is 1.00 bits per heavy atom. The Morgan fingerprint density at radius 3 is 2.24 bits per heavy atom. The van der Waals surface area contributed by atoms with E-state index in [2.05, 4.69) is 21.2 Å². The summed E-state index contributed by atoms with van der Waals surface area (Å²) < 4.78 is 5.89. The van der Waals surface area contributed by atoms with Crippen LogP contribution in [0.25, 0.3) is 6.08 Å². The molecule has 0 aromatic heterocycles. The fourth-order valence-corrected chi connectivity index (χ4v) is 2.61. The summed E-state index contributed by atoms with van der Waals surface area (Å²) in [6.45, 7) is 0. The highest BCUT2D eigenvalue weighted by molar-refractivity contribution is 9.10. The predicted octanol–water partition coefficient (Wildman–Crippen LogP) is 3.12. The van der Waals surface area contributed by atoms with E-state index in [1.807, 2.05) is 0 Å². The van der Waals surface area contributed by atoms with Gasteiger partial charge in [0.25, 0.3) is 11.8 Å². The Kier molecular flexibility index (Phi) is 4.67. The molecule has 6 nitrogen and oxygen atoms in total. The molecule has 1 aliphatic heterocycles. The quantitative estimate of drug-likeness (QED) is 0.634. The molecule has 1 saturated heterocycles. The van der Waals surface area contributed by atoms with Crippen LogP contribution in [0.1, 0.15) is 5.56 Å². The number of amides is 4. The molecule has 1 N–H and O–H groups in total. The SMILES string of the molecule is COc1ccc(C=C2C(=O)NC(=O)N(c3ccc(Br)cc3)C2=O)cc1. The second kappa shape index (κ2) is 6.90. The average Bonchev–Trinajstić information content (AvgIpc) is 2.60. The fraction of sp³-hybridized carbons (Fsp3) is 0.0556. The molecule has 2 aromatic rings. The third kappa shape index (κ3) is 3.46. The molecule has 7 heteroatoms. The highest BCUT2D eigenvalue weighted by Gasteiger charge is 2.36. The average molecular weight is 401 g/mol. The lowest BCUT2D eigenvalue weighted by molar-refractivity contribution is -0.122. The maximum atomic E-state index is 12.7. The van der Waals surface area contributed by atoms with Crippen molar-refractivity contribution in [3.05, 3.63) is 64.1 Å². The first-order valence-corrected chi connectivity index (χ1v) is 8.10. The first-order chi connectivity index (χ1) is 12.0. The van der Waals surface area contributed by atoms with Crippen molar-refractivity contribution in [3.8, 4) is 5.75 Å². The minimum atomic E-state index is -0.774. The number of rotatable bonds is 3. The topological polar surface area (TPSA) is 75.7 Å². The summed E-state index contributed by atoms with van der Waals surface area (Å²) in [5.41, 5.74) is 0.899. The van der Waals surface area contributed by atoms with Gasteiger partial charge in [-0.2, -0.15) is 0 Å². The van der Waals surface area contributed by atoms with Crippen LogP contribution in [-0.2, 0) is 9.59 Å². The number of barbiturate groups is 1. The first-order valence-electron chi connectivity index (χ1n) is 7.30. The van der Waals surface area contributed by atoms with Crippen LogP contribution in [0.3, 0.4) is 0 Å². The molecular weight excluding hydrogens is 388 g/mol. The molecule has 1 fully saturated rings. The Labute approximate surface area is 152 Å². The molecule has 0 spiro atoms. The standard InChI is InChI=1S/C18H13BrN2O4/c1-25-14-8-2-11(3-9-14)10-15-16(22)20-18(24)21(17(15)23)13-6-4-12(19)5-7-13/h2-10H,1H3,(H,20,22,24). The van der Waals surface area contributed by atoms with Crippen molar-refractivity contribution < 1.29 is 19.1 Å². The van der Waals surface area contributed by atoms with Crippen LogP contribution >= 0.6 is 15.9 Å². The zero-order valence-corrected chi connectivity index (χ0v) is 14.7. The number of methoxy groups -OCH3 is 1. The van der Waals surface area contributed by atoms with E-state index in [9.17, 15) is 14.4 Å². The van der Waals surface area contributed by atoms with Crippen molar-refractivity contribution >= 4 is 45.5 Å². The van der Waals surface area contributed by atoms with Gasteiger partial charge in [0.05, 0.1) is 12.8 Å². The van der Waals surface area contributed by atoms with Crippen molar-refractivity contribution in [3.63, 3.8) is 0 Å². The summed E-state index contributed by atoms with van der Waals surface area (Å²) in [6, 6.07) is 12.7. The zero-order chi connectivity index (χ0) is 18.0. The number of hydrogen-bond donors (Lipinski definition) is 1. The van der Waals surface area contributed by atoms with Crippen LogP contribution in [0.2, 0.25) is 0 Å². The largest absolute Gasteiger partial charge is 0.497 e. The van der Waals surface area contributed by atoms with Gasteiger partial charge in [-0.1, -0.05) is 28.1 Å². The number of anilines is 1. The lowest BCUT2D eigenvalue weighted by atomic mass is 10.1. The molecule has 0 bridgehead atoms. The Bertz CT molecular complexity index is 873. The molecule has 25 heavy (non-hydrogen) atoms. The first kappa shape index (κ1) is 16.9. The van der Waals surface area contributed by atoms with E-state index in [1.54, 1.807) is 55.6 Å². The van der Waals surface area contributed by atoms with Crippen molar-refractivity contribution in [1.29, 1.82) is 0 Å². The van der Waals surface area contributed by atoms with Crippen LogP contribution in [0.4, 0.5) is 10.5 Å². The second-order valence-corrected chi connectivity index (χ2v) is 6.12. The molecule has 3 rings (SSSR count). The summed E-state index contributed by atoms with van der Waals surface area (Å²) in [6.07, 6.45) is 1.44. The van der Waals surface area contributed by atoms with Gasteiger partial charge in [0.15, 0.2) is 0 Å². The molecule has 1 heterocycles. The number of hydrogen-bond acceptors (Lipinski definition) is 4. The number of halogens is 1. The number of urea groups is 1. The van der Waals surface area contributed by atoms with Gasteiger partial charge in [-0.05, 0) is 48.0 Å². The van der Waals surface area contributed by atoms with Crippen molar-refractivity contribution in [2.24, 2.45) is 0 Å². The molecule has 4 amide bonds. The number of imide groups is 2. The molecular formula is C18H13BrN2O4. The third-order valence-electron chi connectivity index (χ3n) is 3.61. The molecule has 0 saturated carbocycles. The van der Waals surface area contributed by atoms with Gasteiger partial charge in [-0.3, -0.25) is 14.9 Å². The zero-order valence-electron chi connectivity index (χ0n) is 13.2. The van der Waals surface area contributed by atoms with E-state index < -0.39 is 17.8 Å². The van der Waals surface area contributed by atoms with E-state index in [0.29, 0.717) is 17.0 Å². The number of nitrogens with zero attached hydrogens (tertiary/aromatic N) is 1. The highest BCUT2D eigenvalue weighted by Crippen LogP contribution is 2.24. The van der Waals surface area contributed by atoms with Crippen molar-refractivity contribution in [2.75, 3.05) is 12.0 Å². The van der Waals surface area contributed by atoms with Crippen LogP contribution < -0.4 is 15.0 Å². The van der Waals surface area contributed by atoms with Gasteiger partial charge >= 0.3 is 6.03 Å². The van der Waals surface area contributed by atoms with Crippen LogP contribution in [0.5, 0.6) is 5.75 Å². The van der Waals surface area contributed by atoms with E-state index in [4.69, 9.17) is 4.74 Å². The second-order valence-electron chi connectivity index (χ2n) is 5.21. The molecule has 2 aromatic carbocycles. The van der Waals surface area contributed by atoms with E-state index in [-0.39, 0.29) is 5.57 Å². The molecule has 126 valence electrons. The Balaban J connectivity index is 1.97. The smallest absolute Gasteiger partial charge is 0.335 e. The molecule has 0 aliphatic carbocycles. The predicted molar refractivity (Wildman–Crippen MR) is 96.1 cm³/mol. The number of benzene rings is 2. The maximum Gasteiger partial charge on any atom is 0.335 e. The summed E-state index contributed by atoms with van der Waals surface area (Å²) in [7, 11) is 1.55. The van der Waals surface area contributed by atoms with Crippen LogP contribution in [0, 0.1) is 0 Å². The van der Waals surface area contributed by atoms with Crippen LogP contribution in [0.15, 0.2) is 58.6 Å². The summed E-state index contributed by atoms with van der Waals surface area (Å²) >= 11 is 3.30. The molecule has 0 atom stereocenters. The fourth-order valence-electron chi connectivity index (χ4n) is 2.35.